The lowest BCUT2D eigenvalue weighted by molar-refractivity contribution is -0.142. The summed E-state index contributed by atoms with van der Waals surface area (Å²) >= 11 is 0. The molecule has 0 heterocycles. The molecule has 3 nitrogen and oxygen atoms in total. The number of hydrogen-bond donors (Lipinski definition) is 1. The fourth-order valence-corrected chi connectivity index (χ4v) is 1.87. The first kappa shape index (κ1) is 13.7. The Labute approximate surface area is 103 Å². The van der Waals surface area contributed by atoms with E-state index < -0.39 is 11.0 Å². The first-order chi connectivity index (χ1) is 7.81. The number of methoxy groups -OCH3 is 1. The van der Waals surface area contributed by atoms with Crippen LogP contribution in [0.5, 0.6) is 0 Å². The van der Waals surface area contributed by atoms with Crippen molar-refractivity contribution in [3.05, 3.63) is 35.9 Å². The zero-order valence-corrected chi connectivity index (χ0v) is 11.0. The molecule has 3 heteroatoms. The largest absolute Gasteiger partial charge is 0.469 e. The number of benzene rings is 1. The number of esters is 1. The van der Waals surface area contributed by atoms with Gasteiger partial charge in [-0.3, -0.25) is 4.79 Å². The molecule has 0 aromatic heterocycles. The molecule has 1 atom stereocenters. The second-order valence-corrected chi connectivity index (χ2v) is 5.17. The normalized spacial score (nSPS) is 15.1. The summed E-state index contributed by atoms with van der Waals surface area (Å²) in [4.78, 5) is 11.6. The van der Waals surface area contributed by atoms with Gasteiger partial charge in [0, 0.05) is 11.0 Å². The van der Waals surface area contributed by atoms with Crippen molar-refractivity contribution in [2.45, 2.75) is 38.1 Å². The van der Waals surface area contributed by atoms with E-state index in [0.717, 1.165) is 5.56 Å². The molecule has 2 N–H and O–H groups in total. The van der Waals surface area contributed by atoms with E-state index in [1.165, 1.54) is 7.11 Å². The van der Waals surface area contributed by atoms with Crippen LogP contribution in [-0.2, 0) is 14.9 Å². The van der Waals surface area contributed by atoms with Crippen molar-refractivity contribution in [1.82, 2.24) is 0 Å². The maximum absolute atomic E-state index is 11.6. The van der Waals surface area contributed by atoms with Crippen molar-refractivity contribution in [2.75, 3.05) is 7.11 Å². The second kappa shape index (κ2) is 4.88. The molecule has 94 valence electrons. The maximum atomic E-state index is 11.6. The van der Waals surface area contributed by atoms with Crippen LogP contribution in [0.2, 0.25) is 0 Å². The quantitative estimate of drug-likeness (QED) is 0.814. The molecule has 0 bridgehead atoms. The fourth-order valence-electron chi connectivity index (χ4n) is 1.87. The second-order valence-electron chi connectivity index (χ2n) is 5.17. The number of nitrogens with two attached hydrogens (primary N) is 1. The lowest BCUT2D eigenvalue weighted by Gasteiger charge is -2.41. The molecule has 0 saturated heterocycles. The molecule has 1 aromatic carbocycles. The van der Waals surface area contributed by atoms with E-state index in [0.29, 0.717) is 0 Å². The van der Waals surface area contributed by atoms with E-state index in [2.05, 4.69) is 0 Å². The van der Waals surface area contributed by atoms with Gasteiger partial charge in [-0.25, -0.2) is 0 Å². The molecule has 1 rings (SSSR count). The van der Waals surface area contributed by atoms with Crippen LogP contribution >= 0.6 is 0 Å². The van der Waals surface area contributed by atoms with Crippen molar-refractivity contribution >= 4 is 5.97 Å². The van der Waals surface area contributed by atoms with Crippen LogP contribution in [0.15, 0.2) is 30.3 Å². The highest BCUT2D eigenvalue weighted by atomic mass is 16.5. The van der Waals surface area contributed by atoms with Gasteiger partial charge in [-0.05, 0) is 19.4 Å². The van der Waals surface area contributed by atoms with Crippen molar-refractivity contribution in [1.29, 1.82) is 0 Å². The number of carbonyl (C=O) groups excluding carboxylic acids is 1. The summed E-state index contributed by atoms with van der Waals surface area (Å²) in [6.45, 7) is 5.87. The lowest BCUT2D eigenvalue weighted by Crippen LogP contribution is -2.53. The van der Waals surface area contributed by atoms with Gasteiger partial charge in [0.25, 0.3) is 0 Å². The molecule has 0 spiro atoms. The van der Waals surface area contributed by atoms with Crippen molar-refractivity contribution in [3.8, 4) is 0 Å². The zero-order valence-electron chi connectivity index (χ0n) is 11.0. The Morgan fingerprint density at radius 3 is 2.18 bits per heavy atom. The lowest BCUT2D eigenvalue weighted by atomic mass is 9.66. The van der Waals surface area contributed by atoms with Crippen molar-refractivity contribution in [2.24, 2.45) is 5.73 Å². The predicted molar refractivity (Wildman–Crippen MR) is 68.7 cm³/mol. The standard InChI is InChI=1S/C14H21NO2/c1-13(2,15)14(3,10-12(16)17-4)11-8-6-5-7-9-11/h5-9H,10,15H2,1-4H3. The smallest absolute Gasteiger partial charge is 0.306 e. The number of carbonyl (C=O) groups is 1. The topological polar surface area (TPSA) is 52.3 Å². The SMILES string of the molecule is COC(=O)CC(C)(c1ccccc1)C(C)(C)N. The summed E-state index contributed by atoms with van der Waals surface area (Å²) in [5, 5.41) is 0. The molecular formula is C14H21NO2. The van der Waals surface area contributed by atoms with Crippen LogP contribution in [0.3, 0.4) is 0 Å². The molecule has 0 radical (unpaired) electrons. The monoisotopic (exact) mass is 235 g/mol. The highest BCUT2D eigenvalue weighted by Gasteiger charge is 2.41. The van der Waals surface area contributed by atoms with Crippen LogP contribution in [0.4, 0.5) is 0 Å². The highest BCUT2D eigenvalue weighted by molar-refractivity contribution is 5.71. The Kier molecular flexibility index (Phi) is 3.94. The van der Waals surface area contributed by atoms with Gasteiger partial charge in [0.15, 0.2) is 0 Å². The molecule has 0 aliphatic rings. The first-order valence-electron chi connectivity index (χ1n) is 5.72. The van der Waals surface area contributed by atoms with Crippen LogP contribution in [0.25, 0.3) is 0 Å². The molecule has 0 aliphatic heterocycles. The van der Waals surface area contributed by atoms with Crippen LogP contribution in [0, 0.1) is 0 Å². The third-order valence-electron chi connectivity index (χ3n) is 3.56. The minimum atomic E-state index is -0.511. The summed E-state index contributed by atoms with van der Waals surface area (Å²) in [5.41, 5.74) is 6.34. The Bertz CT molecular complexity index is 381. The Hall–Kier alpha value is -1.35. The average Bonchev–Trinajstić information content (AvgIpc) is 2.28. The van der Waals surface area contributed by atoms with Gasteiger partial charge >= 0.3 is 5.97 Å². The van der Waals surface area contributed by atoms with Crippen LogP contribution in [-0.4, -0.2) is 18.6 Å². The number of ether oxygens (including phenoxy) is 1. The van der Waals surface area contributed by atoms with E-state index >= 15 is 0 Å². The molecular weight excluding hydrogens is 214 g/mol. The van der Waals surface area contributed by atoms with Gasteiger partial charge in [-0.1, -0.05) is 37.3 Å². The minimum Gasteiger partial charge on any atom is -0.469 e. The van der Waals surface area contributed by atoms with E-state index in [1.54, 1.807) is 0 Å². The number of hydrogen-bond acceptors (Lipinski definition) is 3. The van der Waals surface area contributed by atoms with Gasteiger partial charge in [-0.2, -0.15) is 0 Å². The third kappa shape index (κ3) is 2.86. The fraction of sp³-hybridized carbons (Fsp3) is 0.500. The van der Waals surface area contributed by atoms with E-state index in [4.69, 9.17) is 10.5 Å². The first-order valence-corrected chi connectivity index (χ1v) is 5.72. The molecule has 0 fully saturated rings. The molecule has 17 heavy (non-hydrogen) atoms. The van der Waals surface area contributed by atoms with Gasteiger partial charge in [0.2, 0.25) is 0 Å². The Morgan fingerprint density at radius 1 is 1.24 bits per heavy atom. The maximum Gasteiger partial charge on any atom is 0.306 e. The zero-order chi connectivity index (χ0) is 13.1. The van der Waals surface area contributed by atoms with E-state index in [1.807, 2.05) is 51.1 Å². The molecule has 0 saturated carbocycles. The summed E-state index contributed by atoms with van der Waals surface area (Å²) in [6, 6.07) is 9.86. The highest BCUT2D eigenvalue weighted by Crippen LogP contribution is 2.36. The average molecular weight is 235 g/mol. The van der Waals surface area contributed by atoms with Crippen molar-refractivity contribution in [3.63, 3.8) is 0 Å². The van der Waals surface area contributed by atoms with Gasteiger partial charge in [-0.15, -0.1) is 0 Å². The molecule has 0 amide bonds. The van der Waals surface area contributed by atoms with Gasteiger partial charge < -0.3 is 10.5 Å². The Morgan fingerprint density at radius 2 is 1.76 bits per heavy atom. The van der Waals surface area contributed by atoms with Gasteiger partial charge in [0.1, 0.15) is 0 Å². The Balaban J connectivity index is 3.16. The van der Waals surface area contributed by atoms with Crippen LogP contribution in [0.1, 0.15) is 32.8 Å². The number of rotatable bonds is 4. The van der Waals surface area contributed by atoms with Crippen molar-refractivity contribution < 1.29 is 9.53 Å². The summed E-state index contributed by atoms with van der Waals surface area (Å²) < 4.78 is 4.77. The summed E-state index contributed by atoms with van der Waals surface area (Å²) in [7, 11) is 1.40. The van der Waals surface area contributed by atoms with E-state index in [-0.39, 0.29) is 12.4 Å². The van der Waals surface area contributed by atoms with E-state index in [9.17, 15) is 4.79 Å². The molecule has 0 aliphatic carbocycles. The molecule has 1 aromatic rings. The van der Waals surface area contributed by atoms with Crippen LogP contribution < -0.4 is 5.73 Å². The minimum absolute atomic E-state index is 0.241. The summed E-state index contributed by atoms with van der Waals surface area (Å²) in [5.74, 6) is -0.241. The molecule has 1 unspecified atom stereocenters. The summed E-state index contributed by atoms with van der Waals surface area (Å²) in [6.07, 6.45) is 0.275. The predicted octanol–water partition coefficient (Wildman–Crippen LogP) is 2.24. The third-order valence-corrected chi connectivity index (χ3v) is 3.56. The van der Waals surface area contributed by atoms with Gasteiger partial charge in [0.05, 0.1) is 13.5 Å².